The second-order valence-electron chi connectivity index (χ2n) is 10.6. The van der Waals surface area contributed by atoms with Crippen molar-refractivity contribution in [2.45, 2.75) is 0 Å². The van der Waals surface area contributed by atoms with Gasteiger partial charge in [0.1, 0.15) is 0 Å². The Morgan fingerprint density at radius 1 is 0.333 bits per heavy atom. The Balaban J connectivity index is 0.000000238. The fourth-order valence-corrected chi connectivity index (χ4v) is 4.51. The van der Waals surface area contributed by atoms with Crippen LogP contribution in [0.2, 0.25) is 0 Å². The van der Waals surface area contributed by atoms with Gasteiger partial charge < -0.3 is 0 Å². The fraction of sp³-hybridized carbons (Fsp3) is 0. The molecule has 8 aromatic rings. The van der Waals surface area contributed by atoms with E-state index in [4.69, 9.17) is 55.9 Å². The van der Waals surface area contributed by atoms with Crippen molar-refractivity contribution in [3.63, 3.8) is 0 Å². The third-order valence-corrected chi connectivity index (χ3v) is 6.58. The SMILES string of the molecule is [Fe+2].[O-][Cl+3]([O-])([O-])[O-].[O-][Cl+3]([O-])([O-])[O-].[O-][Cl+3]([O-])([O-])[O-].c1cnn(-c2cc(-c3ccncc3)cc(-n3cccn3)n2)c1.c1cnn(-c2cc(-c3ccncc3)cc(-n3cccn3)n2)c1. The maximum absolute atomic E-state index is 8.49. The summed E-state index contributed by atoms with van der Waals surface area (Å²) in [5.41, 5.74) is 4.21. The number of rotatable bonds is 6. The molecule has 0 spiro atoms. The molecule has 0 bridgehead atoms. The minimum absolute atomic E-state index is 0. The number of pyridine rings is 4. The van der Waals surface area contributed by atoms with E-state index in [1.165, 1.54) is 0 Å². The molecule has 8 aromatic heterocycles. The van der Waals surface area contributed by atoms with E-state index >= 15 is 0 Å². The largest absolute Gasteiger partial charge is 2.00 e. The molecule has 0 fully saturated rings. The van der Waals surface area contributed by atoms with Crippen molar-refractivity contribution >= 4 is 0 Å². The van der Waals surface area contributed by atoms with Crippen molar-refractivity contribution in [2.24, 2.45) is 0 Å². The molecule has 28 heteroatoms. The second kappa shape index (κ2) is 22.6. The van der Waals surface area contributed by atoms with Crippen molar-refractivity contribution in [1.82, 2.24) is 59.1 Å². The van der Waals surface area contributed by atoms with Gasteiger partial charge in [0.25, 0.3) is 0 Å². The third-order valence-electron chi connectivity index (χ3n) is 6.58. The molecular weight excluding hydrogens is 907 g/mol. The third kappa shape index (κ3) is 18.5. The predicted molar refractivity (Wildman–Crippen MR) is 163 cm³/mol. The van der Waals surface area contributed by atoms with Crippen molar-refractivity contribution in [3.05, 3.63) is 147 Å². The summed E-state index contributed by atoms with van der Waals surface area (Å²) in [6, 6.07) is 23.3. The second-order valence-corrected chi connectivity index (χ2v) is 12.8. The Labute approximate surface area is 354 Å². The van der Waals surface area contributed by atoms with Crippen LogP contribution in [0.5, 0.6) is 0 Å². The van der Waals surface area contributed by atoms with Crippen LogP contribution in [0.15, 0.2) is 147 Å². The van der Waals surface area contributed by atoms with E-state index in [2.05, 4.69) is 40.3 Å². The predicted octanol–water partition coefficient (Wildman–Crippen LogP) is -9.24. The van der Waals surface area contributed by atoms with Gasteiger partial charge in [-0.1, -0.05) is 0 Å². The first-order chi connectivity index (χ1) is 27.8. The van der Waals surface area contributed by atoms with Crippen LogP contribution >= 0.6 is 0 Å². The normalized spacial score (nSPS) is 10.9. The summed E-state index contributed by atoms with van der Waals surface area (Å²) in [5.74, 6) is 2.96. The molecule has 0 unspecified atom stereocenters. The summed E-state index contributed by atoms with van der Waals surface area (Å²) in [4.78, 5) is 17.4. The molecule has 0 aliphatic rings. The Bertz CT molecular complexity index is 2090. The van der Waals surface area contributed by atoms with Gasteiger partial charge in [0.05, 0.1) is 0 Å². The molecule has 8 rings (SSSR count). The summed E-state index contributed by atoms with van der Waals surface area (Å²) in [7, 11) is -14.8. The number of hydrogen-bond donors (Lipinski definition) is 0. The Hall–Kier alpha value is -5.65. The molecule has 314 valence electrons. The van der Waals surface area contributed by atoms with E-state index in [1.54, 1.807) is 68.3 Å². The van der Waals surface area contributed by atoms with Crippen LogP contribution < -0.4 is 55.9 Å². The van der Waals surface area contributed by atoms with Crippen molar-refractivity contribution < 1.29 is 104 Å². The first-order valence-corrected chi connectivity index (χ1v) is 19.2. The summed E-state index contributed by atoms with van der Waals surface area (Å²) < 4.78 is 109. The zero-order chi connectivity index (χ0) is 43.1. The zero-order valence-corrected chi connectivity index (χ0v) is 33.0. The van der Waals surface area contributed by atoms with Crippen LogP contribution in [0.1, 0.15) is 0 Å². The monoisotopic (exact) mass is 929 g/mol. The van der Waals surface area contributed by atoms with Gasteiger partial charge >= 0.3 is 17.1 Å². The molecule has 0 amide bonds. The van der Waals surface area contributed by atoms with Gasteiger partial charge in [-0.05, 0) is 95.1 Å². The molecule has 0 radical (unpaired) electrons. The summed E-state index contributed by atoms with van der Waals surface area (Å²) in [6.07, 6.45) is 21.5. The molecule has 0 atom stereocenters. The minimum Gasteiger partial charge on any atom is -0.265 e. The molecule has 8 heterocycles. The van der Waals surface area contributed by atoms with Gasteiger partial charge in [-0.25, -0.2) is 84.6 Å². The molecule has 24 nitrogen and oxygen atoms in total. The van der Waals surface area contributed by atoms with Crippen LogP contribution in [-0.4, -0.2) is 59.1 Å². The van der Waals surface area contributed by atoms with E-state index in [9.17, 15) is 0 Å². The van der Waals surface area contributed by atoms with Gasteiger partial charge in [-0.15, -0.1) is 30.7 Å². The van der Waals surface area contributed by atoms with Crippen LogP contribution in [0.4, 0.5) is 0 Å². The fourth-order valence-electron chi connectivity index (χ4n) is 4.51. The number of hydrogen-bond acceptors (Lipinski definition) is 20. The van der Waals surface area contributed by atoms with Crippen molar-refractivity contribution in [2.75, 3.05) is 0 Å². The van der Waals surface area contributed by atoms with Gasteiger partial charge in [0.2, 0.25) is 0 Å². The van der Waals surface area contributed by atoms with E-state index in [-0.39, 0.29) is 17.1 Å². The van der Waals surface area contributed by atoms with Gasteiger partial charge in [-0.3, -0.25) is 9.97 Å². The summed E-state index contributed by atoms with van der Waals surface area (Å²) in [5, 5.41) is 17.0. The molecule has 0 aromatic carbocycles. The first kappa shape index (κ1) is 48.7. The molecule has 0 aliphatic carbocycles. The van der Waals surface area contributed by atoms with Crippen molar-refractivity contribution in [1.29, 1.82) is 0 Å². The van der Waals surface area contributed by atoms with E-state index < -0.39 is 30.7 Å². The van der Waals surface area contributed by atoms with Crippen LogP contribution in [-0.2, 0) is 17.1 Å². The van der Waals surface area contributed by atoms with Crippen molar-refractivity contribution in [3.8, 4) is 45.5 Å². The molecule has 0 aliphatic heterocycles. The summed E-state index contributed by atoms with van der Waals surface area (Å²) >= 11 is 0. The number of nitrogens with zero attached hydrogens (tertiary/aromatic N) is 12. The standard InChI is InChI=1S/2C16H12N6.3ClHO4.Fe/c2*1-5-18-21(9-1)15-11-14(13-3-7-17-8-4-13)12-16(20-15)22-10-2-6-19-22;3*2-1(3,4)5;/h2*1-12H;3*(H,2,3,4,5);/q;;;;;+2/p-3. The summed E-state index contributed by atoms with van der Waals surface area (Å²) in [6.45, 7) is 0. The number of aromatic nitrogens is 12. The smallest absolute Gasteiger partial charge is 0.265 e. The number of halogens is 3. The topological polar surface area (TPSA) is 400 Å². The van der Waals surface area contributed by atoms with Gasteiger partial charge in [0, 0.05) is 74.4 Å². The Morgan fingerprint density at radius 3 is 0.733 bits per heavy atom. The van der Waals surface area contributed by atoms with Crippen LogP contribution in [0, 0.1) is 30.7 Å². The molecule has 0 N–H and O–H groups in total. The molecular formula is C32H24Cl3FeN12O12-. The maximum atomic E-state index is 8.49. The average Bonchev–Trinajstić information content (AvgIpc) is 4.02. The molecule has 0 saturated heterocycles. The zero-order valence-electron chi connectivity index (χ0n) is 29.6. The average molecular weight is 931 g/mol. The van der Waals surface area contributed by atoms with Gasteiger partial charge in [-0.2, -0.15) is 20.4 Å². The van der Waals surface area contributed by atoms with Crippen LogP contribution in [0.25, 0.3) is 45.5 Å². The van der Waals surface area contributed by atoms with Gasteiger partial charge in [0.15, 0.2) is 23.3 Å². The Kier molecular flexibility index (Phi) is 18.4. The van der Waals surface area contributed by atoms with E-state index in [0.29, 0.717) is 0 Å². The molecule has 60 heavy (non-hydrogen) atoms. The maximum Gasteiger partial charge on any atom is 2.00 e. The first-order valence-electron chi connectivity index (χ1n) is 15.5. The minimum atomic E-state index is -4.94. The quantitative estimate of drug-likeness (QED) is 0.140. The van der Waals surface area contributed by atoms with E-state index in [1.807, 2.05) is 97.6 Å². The molecule has 0 saturated carbocycles. The van der Waals surface area contributed by atoms with E-state index in [0.717, 1.165) is 45.5 Å². The Morgan fingerprint density at radius 2 is 0.550 bits per heavy atom. The van der Waals surface area contributed by atoms with Crippen LogP contribution in [0.3, 0.4) is 0 Å².